The summed E-state index contributed by atoms with van der Waals surface area (Å²) in [7, 11) is -4.82. The van der Waals surface area contributed by atoms with Gasteiger partial charge in [0, 0.05) is 31.7 Å². The zero-order chi connectivity index (χ0) is 26.7. The molecule has 4 aliphatic heterocycles. The van der Waals surface area contributed by atoms with Crippen LogP contribution in [0, 0.1) is 0 Å². The van der Waals surface area contributed by atoms with Crippen molar-refractivity contribution in [3.63, 3.8) is 0 Å². The summed E-state index contributed by atoms with van der Waals surface area (Å²) in [6, 6.07) is -1.63. The number of carboxylic acid groups (broad SMARTS) is 1. The topological polar surface area (TPSA) is 187 Å². The third-order valence-corrected chi connectivity index (χ3v) is 6.34. The Bertz CT molecular complexity index is 933. The number of hydroxylamine groups is 3. The summed E-state index contributed by atoms with van der Waals surface area (Å²) in [5, 5.41) is 11.1. The Morgan fingerprint density at radius 2 is 1.94 bits per heavy atom. The third kappa shape index (κ3) is 7.37. The van der Waals surface area contributed by atoms with Crippen molar-refractivity contribution in [3.8, 4) is 0 Å². The average molecular weight is 549 g/mol. The molecule has 4 rings (SSSR count). The van der Waals surface area contributed by atoms with E-state index in [4.69, 9.17) is 24.0 Å². The Labute approximate surface area is 203 Å². The number of fused-ring (bicyclic) bond motifs is 2. The molecule has 0 unspecified atom stereocenters. The number of halogens is 3. The van der Waals surface area contributed by atoms with Crippen LogP contribution < -0.4 is 10.8 Å². The van der Waals surface area contributed by atoms with E-state index in [1.54, 1.807) is 0 Å². The number of ether oxygens (including phenoxy) is 1. The van der Waals surface area contributed by atoms with Crippen molar-refractivity contribution in [1.29, 1.82) is 0 Å². The second-order valence-corrected chi connectivity index (χ2v) is 9.44. The zero-order valence-electron chi connectivity index (χ0n) is 18.7. The van der Waals surface area contributed by atoms with E-state index >= 15 is 0 Å². The summed E-state index contributed by atoms with van der Waals surface area (Å²) in [5.41, 5.74) is 2.39. The molecule has 2 bridgehead atoms. The monoisotopic (exact) mass is 549 g/mol. The predicted octanol–water partition coefficient (Wildman–Crippen LogP) is -1.31. The van der Waals surface area contributed by atoms with Gasteiger partial charge in [-0.3, -0.25) is 19.1 Å². The number of nitrogens with one attached hydrogen (secondary N) is 2. The Morgan fingerprint density at radius 3 is 2.53 bits per heavy atom. The highest BCUT2D eigenvalue weighted by molar-refractivity contribution is 7.80. The van der Waals surface area contributed by atoms with Gasteiger partial charge in [-0.2, -0.15) is 26.7 Å². The van der Waals surface area contributed by atoms with Crippen LogP contribution in [0.5, 0.6) is 0 Å². The molecule has 0 aromatic rings. The maximum Gasteiger partial charge on any atom is 0.490 e. The normalized spacial score (nSPS) is 28.7. The molecule has 4 fully saturated rings. The first kappa shape index (κ1) is 28.3. The lowest BCUT2D eigenvalue weighted by Crippen LogP contribution is -2.50. The van der Waals surface area contributed by atoms with Crippen molar-refractivity contribution in [2.75, 3.05) is 39.6 Å². The third-order valence-electron chi connectivity index (χ3n) is 5.99. The molecule has 36 heavy (non-hydrogen) atoms. The van der Waals surface area contributed by atoms with E-state index in [9.17, 15) is 31.2 Å². The number of hydrogen-bond donors (Lipinski definition) is 4. The van der Waals surface area contributed by atoms with Crippen LogP contribution in [-0.4, -0.2) is 121 Å². The lowest BCUT2D eigenvalue weighted by Gasteiger charge is -2.29. The molecule has 4 N–H and O–H groups in total. The minimum absolute atomic E-state index is 0.101. The first-order valence-electron chi connectivity index (χ1n) is 10.8. The summed E-state index contributed by atoms with van der Waals surface area (Å²) in [5.74, 6) is -3.24. The molecule has 4 atom stereocenters. The lowest BCUT2D eigenvalue weighted by molar-refractivity contribution is -0.192. The van der Waals surface area contributed by atoms with Gasteiger partial charge in [0.05, 0.1) is 26.0 Å². The number of rotatable bonds is 7. The van der Waals surface area contributed by atoms with E-state index in [1.807, 2.05) is 0 Å². The highest BCUT2D eigenvalue weighted by atomic mass is 32.3. The summed E-state index contributed by atoms with van der Waals surface area (Å²) in [6.07, 6.45) is -3.51. The van der Waals surface area contributed by atoms with Crippen LogP contribution in [0.15, 0.2) is 0 Å². The Balaban J connectivity index is 0.000000454. The minimum atomic E-state index is -5.08. The van der Waals surface area contributed by atoms with Crippen LogP contribution in [-0.2, 0) is 33.8 Å². The summed E-state index contributed by atoms with van der Waals surface area (Å²) in [4.78, 5) is 42.5. The van der Waals surface area contributed by atoms with Gasteiger partial charge >= 0.3 is 28.6 Å². The lowest BCUT2D eigenvalue weighted by atomic mass is 10.0. The second-order valence-electron chi connectivity index (χ2n) is 8.43. The molecule has 206 valence electrons. The number of carbonyl (C=O) groups excluding carboxylic acids is 2. The van der Waals surface area contributed by atoms with E-state index in [-0.39, 0.29) is 19.2 Å². The Morgan fingerprint density at radius 1 is 1.25 bits per heavy atom. The fourth-order valence-corrected chi connectivity index (χ4v) is 4.69. The number of urea groups is 1. The van der Waals surface area contributed by atoms with Crippen molar-refractivity contribution in [1.82, 2.24) is 25.7 Å². The molecule has 0 aromatic heterocycles. The maximum absolute atomic E-state index is 12.5. The molecular formula is C17H26F3N5O10S. The van der Waals surface area contributed by atoms with E-state index < -0.39 is 46.6 Å². The number of alkyl halides is 3. The molecule has 0 radical (unpaired) electrons. The fraction of sp³-hybridized carbons (Fsp3) is 0.824. The zero-order valence-corrected chi connectivity index (χ0v) is 19.5. The van der Waals surface area contributed by atoms with Crippen molar-refractivity contribution in [2.24, 2.45) is 0 Å². The summed E-state index contributed by atoms with van der Waals surface area (Å²) in [6.45, 7) is 3.57. The van der Waals surface area contributed by atoms with Gasteiger partial charge in [-0.1, -0.05) is 0 Å². The number of carbonyl (C=O) groups is 3. The molecule has 0 aromatic carbocycles. The fourth-order valence-electron chi connectivity index (χ4n) is 4.30. The quantitative estimate of drug-likeness (QED) is 0.217. The molecular weight excluding hydrogens is 523 g/mol. The molecule has 19 heteroatoms. The van der Waals surface area contributed by atoms with Gasteiger partial charge in [0.25, 0.3) is 5.91 Å². The molecule has 3 amide bonds. The first-order valence-corrected chi connectivity index (χ1v) is 12.2. The van der Waals surface area contributed by atoms with Crippen molar-refractivity contribution in [3.05, 3.63) is 0 Å². The highest BCUT2D eigenvalue weighted by Crippen LogP contribution is 2.30. The van der Waals surface area contributed by atoms with Crippen LogP contribution in [0.1, 0.15) is 19.3 Å². The van der Waals surface area contributed by atoms with E-state index in [1.165, 1.54) is 4.90 Å². The van der Waals surface area contributed by atoms with E-state index in [0.29, 0.717) is 30.7 Å². The first-order chi connectivity index (χ1) is 16.8. The van der Waals surface area contributed by atoms with Crippen molar-refractivity contribution >= 4 is 28.3 Å². The largest absolute Gasteiger partial charge is 0.490 e. The average Bonchev–Trinajstić information content (AvgIpc) is 3.51. The molecule has 0 spiro atoms. The van der Waals surface area contributed by atoms with Crippen molar-refractivity contribution < 1.29 is 59.5 Å². The van der Waals surface area contributed by atoms with Gasteiger partial charge in [-0.25, -0.2) is 15.1 Å². The number of amides is 3. The van der Waals surface area contributed by atoms with Gasteiger partial charge < -0.3 is 20.1 Å². The standard InChI is InChI=1S/C15H25N5O8S.C2HF3O2/c21-14(17-27-8-10-5-12(6-16-10)18-3-4-26-9-18)13-2-1-11-7-19(13)15(22)20(11)28-29(23,24)25;3-2(4,5)1(6)7/h10-13,16H,1-9H2,(H,17,21)(H,23,24,25);(H,6,7)/t10-,11-,12-,13+;/m1./s1. The van der Waals surface area contributed by atoms with Gasteiger partial charge in [0.2, 0.25) is 0 Å². The second kappa shape index (κ2) is 11.4. The molecule has 0 aliphatic carbocycles. The summed E-state index contributed by atoms with van der Waals surface area (Å²) >= 11 is 0. The molecule has 4 saturated heterocycles. The van der Waals surface area contributed by atoms with Crippen LogP contribution in [0.25, 0.3) is 0 Å². The number of hydrogen-bond acceptors (Lipinski definition) is 10. The number of nitrogens with zero attached hydrogens (tertiary/aromatic N) is 3. The Hall–Kier alpha value is -2.29. The van der Waals surface area contributed by atoms with E-state index in [0.717, 1.165) is 26.1 Å². The van der Waals surface area contributed by atoms with Crippen LogP contribution in [0.3, 0.4) is 0 Å². The molecule has 4 heterocycles. The smallest absolute Gasteiger partial charge is 0.475 e. The van der Waals surface area contributed by atoms with Gasteiger partial charge in [0.1, 0.15) is 6.04 Å². The van der Waals surface area contributed by atoms with E-state index in [2.05, 4.69) is 20.0 Å². The predicted molar refractivity (Wildman–Crippen MR) is 109 cm³/mol. The van der Waals surface area contributed by atoms with Gasteiger partial charge in [-0.05, 0) is 19.3 Å². The summed E-state index contributed by atoms with van der Waals surface area (Å²) < 4.78 is 72.1. The maximum atomic E-state index is 12.5. The van der Waals surface area contributed by atoms with Crippen molar-refractivity contribution in [2.45, 2.75) is 49.6 Å². The highest BCUT2D eigenvalue weighted by Gasteiger charge is 2.49. The SMILES string of the molecule is O=C(NOC[C@H]1C[C@@H](N2CCOC2)CN1)[C@@H]1CC[C@@H]2CN1C(=O)N2OS(=O)(=O)O.O=C(O)C(F)(F)F. The number of aliphatic carboxylic acids is 1. The molecule has 0 saturated carbocycles. The van der Waals surface area contributed by atoms with Gasteiger partial charge in [0.15, 0.2) is 0 Å². The van der Waals surface area contributed by atoms with Crippen LogP contribution in [0.2, 0.25) is 0 Å². The molecule has 15 nitrogen and oxygen atoms in total. The number of piperidine rings is 1. The van der Waals surface area contributed by atoms with Gasteiger partial charge in [-0.15, -0.1) is 4.28 Å². The Kier molecular flexibility index (Phi) is 8.96. The number of carboxylic acids is 1. The molecule has 4 aliphatic rings. The minimum Gasteiger partial charge on any atom is -0.475 e. The van der Waals surface area contributed by atoms with Crippen LogP contribution >= 0.6 is 0 Å². The van der Waals surface area contributed by atoms with Crippen LogP contribution in [0.4, 0.5) is 18.0 Å².